The number of hydrogen-bond acceptors (Lipinski definition) is 3. The second-order valence-electron chi connectivity index (χ2n) is 9.36. The maximum Gasteiger partial charge on any atom is 0.229 e. The van der Waals surface area contributed by atoms with Gasteiger partial charge in [-0.05, 0) is 74.2 Å². The number of carbonyl (C=O) groups excluding carboxylic acids is 2. The van der Waals surface area contributed by atoms with Gasteiger partial charge in [0.25, 0.3) is 0 Å². The van der Waals surface area contributed by atoms with Crippen molar-refractivity contribution in [1.82, 2.24) is 4.90 Å². The molecule has 2 unspecified atom stereocenters. The van der Waals surface area contributed by atoms with Crippen LogP contribution in [0.3, 0.4) is 0 Å². The molecule has 4 nitrogen and oxygen atoms in total. The number of benzene rings is 1. The van der Waals surface area contributed by atoms with Crippen molar-refractivity contribution in [2.45, 2.75) is 62.8 Å². The highest BCUT2D eigenvalue weighted by atomic mass is 16.4. The summed E-state index contributed by atoms with van der Waals surface area (Å²) in [6.45, 7) is 0.576. The van der Waals surface area contributed by atoms with Crippen LogP contribution in [-0.2, 0) is 15.0 Å². The van der Waals surface area contributed by atoms with Crippen LogP contribution in [0.15, 0.2) is 30.3 Å². The molecule has 4 aliphatic carbocycles. The fraction of sp³-hybridized carbons (Fsp3) is 0.636. The van der Waals surface area contributed by atoms with E-state index in [1.54, 1.807) is 4.90 Å². The third-order valence-corrected chi connectivity index (χ3v) is 7.69. The number of rotatable bonds is 3. The number of hydrogen-bond donors (Lipinski definition) is 0. The number of likely N-dealkylation sites (tertiary alicyclic amines) is 1. The molecule has 4 saturated carbocycles. The summed E-state index contributed by atoms with van der Waals surface area (Å²) in [5.41, 5.74) is 1.14. The van der Waals surface area contributed by atoms with Gasteiger partial charge < -0.3 is 14.8 Å². The molecule has 0 N–H and O–H groups in total. The molecule has 1 heterocycles. The Kier molecular flexibility index (Phi) is 3.51. The van der Waals surface area contributed by atoms with Crippen LogP contribution in [0.5, 0.6) is 0 Å². The second-order valence-corrected chi connectivity index (χ2v) is 9.36. The summed E-state index contributed by atoms with van der Waals surface area (Å²) < 4.78 is 0. The number of carbonyl (C=O) groups is 2. The standard InChI is InChI=1S/C22H27NO3/c24-19(25)18-7-4-8-23(18)20(26)22-12-15-9-16(13-22)11-21(10-15,14-22)17-5-2-1-3-6-17/h1-3,5-6,15-16,18H,4,7-14H2,(H,24,25)/p-1/t15-,16+,18-,21?,22?/m1/s1. The van der Waals surface area contributed by atoms with Gasteiger partial charge in [-0.2, -0.15) is 0 Å². The normalized spacial score (nSPS) is 40.8. The van der Waals surface area contributed by atoms with Crippen LogP contribution in [0.4, 0.5) is 0 Å². The zero-order valence-electron chi connectivity index (χ0n) is 15.2. The molecule has 5 atom stereocenters. The topological polar surface area (TPSA) is 60.4 Å². The van der Waals surface area contributed by atoms with Gasteiger partial charge in [-0.3, -0.25) is 4.79 Å². The highest BCUT2D eigenvalue weighted by molar-refractivity contribution is 5.88. The molecule has 26 heavy (non-hydrogen) atoms. The highest BCUT2D eigenvalue weighted by Gasteiger charge is 2.62. The molecule has 0 aromatic heterocycles. The molecule has 5 aliphatic rings. The van der Waals surface area contributed by atoms with Crippen molar-refractivity contribution in [2.75, 3.05) is 6.54 Å². The Morgan fingerprint density at radius 2 is 1.73 bits per heavy atom. The van der Waals surface area contributed by atoms with Crippen LogP contribution in [0.1, 0.15) is 56.9 Å². The first-order valence-electron chi connectivity index (χ1n) is 10.1. The van der Waals surface area contributed by atoms with Gasteiger partial charge in [0, 0.05) is 6.54 Å². The van der Waals surface area contributed by atoms with Crippen molar-refractivity contribution in [3.63, 3.8) is 0 Å². The highest BCUT2D eigenvalue weighted by Crippen LogP contribution is 2.66. The first kappa shape index (κ1) is 16.3. The first-order chi connectivity index (χ1) is 12.5. The van der Waals surface area contributed by atoms with Crippen LogP contribution in [-0.4, -0.2) is 29.4 Å². The quantitative estimate of drug-likeness (QED) is 0.838. The molecule has 1 saturated heterocycles. The van der Waals surface area contributed by atoms with Crippen LogP contribution < -0.4 is 5.11 Å². The minimum absolute atomic E-state index is 0.109. The summed E-state index contributed by atoms with van der Waals surface area (Å²) >= 11 is 0. The number of amides is 1. The second kappa shape index (κ2) is 5.58. The van der Waals surface area contributed by atoms with Gasteiger partial charge in [-0.25, -0.2) is 0 Å². The van der Waals surface area contributed by atoms with E-state index < -0.39 is 12.0 Å². The van der Waals surface area contributed by atoms with E-state index in [-0.39, 0.29) is 16.7 Å². The summed E-state index contributed by atoms with van der Waals surface area (Å²) in [6.07, 6.45) is 7.73. The predicted octanol–water partition coefficient (Wildman–Crippen LogP) is 2.27. The molecular formula is C22H26NO3-. The van der Waals surface area contributed by atoms with Crippen LogP contribution in [0.25, 0.3) is 0 Å². The molecule has 5 fully saturated rings. The predicted molar refractivity (Wildman–Crippen MR) is 95.0 cm³/mol. The zero-order chi connectivity index (χ0) is 17.9. The summed E-state index contributed by atoms with van der Waals surface area (Å²) in [5.74, 6) is 0.228. The summed E-state index contributed by atoms with van der Waals surface area (Å²) in [6, 6.07) is 10.0. The summed E-state index contributed by atoms with van der Waals surface area (Å²) in [4.78, 5) is 26.8. The maximum absolute atomic E-state index is 13.6. The molecule has 0 spiro atoms. The minimum Gasteiger partial charge on any atom is -0.548 e. The van der Waals surface area contributed by atoms with E-state index in [1.807, 2.05) is 0 Å². The van der Waals surface area contributed by atoms with Crippen molar-refractivity contribution < 1.29 is 14.7 Å². The first-order valence-corrected chi connectivity index (χ1v) is 10.1. The van der Waals surface area contributed by atoms with Gasteiger partial charge >= 0.3 is 0 Å². The summed E-state index contributed by atoms with van der Waals surface area (Å²) in [7, 11) is 0. The molecule has 4 heteroatoms. The minimum atomic E-state index is -1.08. The van der Waals surface area contributed by atoms with E-state index in [0.717, 1.165) is 25.7 Å². The molecule has 1 aromatic carbocycles. The van der Waals surface area contributed by atoms with Crippen molar-refractivity contribution in [3.8, 4) is 0 Å². The Labute approximate surface area is 154 Å². The number of carboxylic acid groups (broad SMARTS) is 1. The molecule has 4 bridgehead atoms. The number of nitrogens with zero attached hydrogens (tertiary/aromatic N) is 1. The molecule has 1 aromatic rings. The molecule has 138 valence electrons. The van der Waals surface area contributed by atoms with E-state index in [9.17, 15) is 14.7 Å². The maximum atomic E-state index is 13.6. The average Bonchev–Trinajstić information content (AvgIpc) is 3.10. The Morgan fingerprint density at radius 3 is 2.38 bits per heavy atom. The van der Waals surface area contributed by atoms with Gasteiger partial charge in [0.2, 0.25) is 5.91 Å². The molecule has 1 aliphatic heterocycles. The van der Waals surface area contributed by atoms with Crippen molar-refractivity contribution in [2.24, 2.45) is 17.3 Å². The van der Waals surface area contributed by atoms with Gasteiger partial charge in [0.05, 0.1) is 17.4 Å². The number of aliphatic carboxylic acids is 1. The van der Waals surface area contributed by atoms with Crippen molar-refractivity contribution in [3.05, 3.63) is 35.9 Å². The van der Waals surface area contributed by atoms with Crippen LogP contribution >= 0.6 is 0 Å². The summed E-state index contributed by atoms with van der Waals surface area (Å²) in [5, 5.41) is 11.5. The lowest BCUT2D eigenvalue weighted by Crippen LogP contribution is -2.61. The van der Waals surface area contributed by atoms with E-state index in [2.05, 4.69) is 30.3 Å². The van der Waals surface area contributed by atoms with E-state index in [1.165, 1.54) is 24.8 Å². The Bertz CT molecular complexity index is 729. The van der Waals surface area contributed by atoms with Crippen molar-refractivity contribution >= 4 is 11.9 Å². The van der Waals surface area contributed by atoms with Gasteiger partial charge in [0.1, 0.15) is 0 Å². The van der Waals surface area contributed by atoms with Gasteiger partial charge in [-0.1, -0.05) is 30.3 Å². The molecule has 1 amide bonds. The lowest BCUT2D eigenvalue weighted by molar-refractivity contribution is -0.310. The van der Waals surface area contributed by atoms with Gasteiger partial charge in [0.15, 0.2) is 0 Å². The van der Waals surface area contributed by atoms with Crippen molar-refractivity contribution in [1.29, 1.82) is 0 Å². The fourth-order valence-electron chi connectivity index (χ4n) is 7.20. The Balaban J connectivity index is 1.51. The Morgan fingerprint density at radius 1 is 1.04 bits per heavy atom. The van der Waals surface area contributed by atoms with Crippen LogP contribution in [0.2, 0.25) is 0 Å². The molecule has 0 radical (unpaired) electrons. The zero-order valence-corrected chi connectivity index (χ0v) is 15.2. The monoisotopic (exact) mass is 352 g/mol. The molecule has 6 rings (SSSR count). The lowest BCUT2D eigenvalue weighted by Gasteiger charge is -2.62. The lowest BCUT2D eigenvalue weighted by atomic mass is 9.42. The third-order valence-electron chi connectivity index (χ3n) is 7.69. The smallest absolute Gasteiger partial charge is 0.229 e. The average molecular weight is 352 g/mol. The third kappa shape index (κ3) is 2.27. The largest absolute Gasteiger partial charge is 0.548 e. The van der Waals surface area contributed by atoms with E-state index in [4.69, 9.17) is 0 Å². The van der Waals surface area contributed by atoms with Crippen LogP contribution in [0, 0.1) is 17.3 Å². The van der Waals surface area contributed by atoms with E-state index >= 15 is 0 Å². The Hall–Kier alpha value is -1.84. The SMILES string of the molecule is O=C([O-])[C@H]1CCCN1C(=O)C12C[C@H]3C[C@@H](C1)CC(c1ccccc1)(C3)C2. The van der Waals surface area contributed by atoms with E-state index in [0.29, 0.717) is 24.8 Å². The fourth-order valence-corrected chi connectivity index (χ4v) is 7.20. The number of carboxylic acids is 1. The molecular weight excluding hydrogens is 326 g/mol. The van der Waals surface area contributed by atoms with Gasteiger partial charge in [-0.15, -0.1) is 0 Å².